The smallest absolute Gasteiger partial charge is 0.254 e. The molecule has 0 aliphatic heterocycles. The predicted molar refractivity (Wildman–Crippen MR) is 79.9 cm³/mol. The number of nitrogens with zero attached hydrogens (tertiary/aromatic N) is 1. The number of pyridine rings is 1. The van der Waals surface area contributed by atoms with E-state index in [4.69, 9.17) is 23.2 Å². The molecule has 0 bridgehead atoms. The molecule has 0 radical (unpaired) electrons. The highest BCUT2D eigenvalue weighted by Crippen LogP contribution is 2.17. The quantitative estimate of drug-likeness (QED) is 0.762. The van der Waals surface area contributed by atoms with E-state index in [1.165, 1.54) is 12.8 Å². The fourth-order valence-electron chi connectivity index (χ4n) is 1.86. The first-order valence-corrected chi connectivity index (χ1v) is 7.44. The summed E-state index contributed by atoms with van der Waals surface area (Å²) in [6, 6.07) is 3.16. The number of nitrogens with one attached hydrogen (secondary N) is 1. The van der Waals surface area contributed by atoms with Crippen molar-refractivity contribution in [2.75, 3.05) is 6.54 Å². The third-order valence-corrected chi connectivity index (χ3v) is 3.65. The predicted octanol–water partition coefficient (Wildman–Crippen LogP) is 4.33. The van der Waals surface area contributed by atoms with Crippen LogP contribution < -0.4 is 5.32 Å². The molecule has 1 unspecified atom stereocenters. The van der Waals surface area contributed by atoms with Crippen LogP contribution in [-0.2, 0) is 0 Å². The number of carbonyl (C=O) groups is 1. The van der Waals surface area contributed by atoms with Gasteiger partial charge in [-0.15, -0.1) is 0 Å². The Labute approximate surface area is 124 Å². The molecular weight excluding hydrogens is 283 g/mol. The normalized spacial score (nSPS) is 12.2. The molecular formula is C14H20Cl2N2O. The summed E-state index contributed by atoms with van der Waals surface area (Å²) in [5.74, 6) is 0.326. The minimum atomic E-state index is -0.191. The van der Waals surface area contributed by atoms with Crippen molar-refractivity contribution in [3.63, 3.8) is 0 Å². The van der Waals surface area contributed by atoms with Gasteiger partial charge >= 0.3 is 0 Å². The van der Waals surface area contributed by atoms with Crippen molar-refractivity contribution in [2.24, 2.45) is 5.92 Å². The van der Waals surface area contributed by atoms with Gasteiger partial charge in [-0.25, -0.2) is 4.98 Å². The van der Waals surface area contributed by atoms with Crippen molar-refractivity contribution in [3.8, 4) is 0 Å². The van der Waals surface area contributed by atoms with Gasteiger partial charge in [-0.3, -0.25) is 4.79 Å². The standard InChI is InChI=1S/C14H20Cl2N2O/c1-3-5-6-10(4-2)9-17-14(19)11-7-8-12(15)18-13(11)16/h7-8,10H,3-6,9H2,1-2H3,(H,17,19). The van der Waals surface area contributed by atoms with Crippen LogP contribution in [0.4, 0.5) is 0 Å². The number of halogens is 2. The average molecular weight is 303 g/mol. The van der Waals surface area contributed by atoms with Gasteiger partial charge < -0.3 is 5.32 Å². The number of hydrogen-bond acceptors (Lipinski definition) is 2. The molecule has 1 heterocycles. The van der Waals surface area contributed by atoms with E-state index in [1.54, 1.807) is 12.1 Å². The summed E-state index contributed by atoms with van der Waals surface area (Å²) >= 11 is 11.6. The lowest BCUT2D eigenvalue weighted by molar-refractivity contribution is 0.0945. The van der Waals surface area contributed by atoms with Gasteiger partial charge in [0.2, 0.25) is 0 Å². The van der Waals surface area contributed by atoms with Crippen molar-refractivity contribution in [1.29, 1.82) is 0 Å². The molecule has 0 saturated heterocycles. The Morgan fingerprint density at radius 2 is 2.11 bits per heavy atom. The molecule has 0 aliphatic carbocycles. The summed E-state index contributed by atoms with van der Waals surface area (Å²) in [5, 5.41) is 3.35. The number of aromatic nitrogens is 1. The summed E-state index contributed by atoms with van der Waals surface area (Å²) in [6.45, 7) is 4.99. The molecule has 106 valence electrons. The number of amides is 1. The molecule has 1 aromatic rings. The molecule has 1 aromatic heterocycles. The highest BCUT2D eigenvalue weighted by atomic mass is 35.5. The molecule has 0 spiro atoms. The SMILES string of the molecule is CCCCC(CC)CNC(=O)c1ccc(Cl)nc1Cl. The maximum atomic E-state index is 12.0. The molecule has 1 atom stereocenters. The van der Waals surface area contributed by atoms with E-state index in [1.807, 2.05) is 0 Å². The summed E-state index contributed by atoms with van der Waals surface area (Å²) in [4.78, 5) is 15.9. The van der Waals surface area contributed by atoms with Crippen LogP contribution in [0.5, 0.6) is 0 Å². The van der Waals surface area contributed by atoms with Gasteiger partial charge in [-0.2, -0.15) is 0 Å². The van der Waals surface area contributed by atoms with E-state index in [2.05, 4.69) is 24.1 Å². The maximum Gasteiger partial charge on any atom is 0.254 e. The Kier molecular flexibility index (Phi) is 7.17. The largest absolute Gasteiger partial charge is 0.352 e. The topological polar surface area (TPSA) is 42.0 Å². The van der Waals surface area contributed by atoms with Crippen molar-refractivity contribution in [1.82, 2.24) is 10.3 Å². The average Bonchev–Trinajstić information content (AvgIpc) is 2.38. The molecule has 0 aliphatic rings. The maximum absolute atomic E-state index is 12.0. The first-order chi connectivity index (χ1) is 9.08. The molecule has 0 fully saturated rings. The molecule has 1 amide bonds. The lowest BCUT2D eigenvalue weighted by atomic mass is 9.99. The zero-order valence-corrected chi connectivity index (χ0v) is 12.9. The van der Waals surface area contributed by atoms with Crippen molar-refractivity contribution < 1.29 is 4.79 Å². The van der Waals surface area contributed by atoms with E-state index >= 15 is 0 Å². The second kappa shape index (κ2) is 8.39. The minimum absolute atomic E-state index is 0.145. The molecule has 3 nitrogen and oxygen atoms in total. The first-order valence-electron chi connectivity index (χ1n) is 6.68. The molecule has 5 heteroatoms. The van der Waals surface area contributed by atoms with Gasteiger partial charge in [0, 0.05) is 6.54 Å². The Hall–Kier alpha value is -0.800. The number of unbranched alkanes of at least 4 members (excludes halogenated alkanes) is 1. The highest BCUT2D eigenvalue weighted by Gasteiger charge is 2.13. The summed E-state index contributed by atoms with van der Waals surface area (Å²) in [6.07, 6.45) is 4.57. The third kappa shape index (κ3) is 5.37. The van der Waals surface area contributed by atoms with Gasteiger partial charge in [0.25, 0.3) is 5.91 Å². The van der Waals surface area contributed by atoms with Crippen molar-refractivity contribution in [2.45, 2.75) is 39.5 Å². The second-order valence-corrected chi connectivity index (χ2v) is 5.34. The van der Waals surface area contributed by atoms with Crippen LogP contribution in [-0.4, -0.2) is 17.4 Å². The van der Waals surface area contributed by atoms with Crippen LogP contribution in [0.2, 0.25) is 10.3 Å². The van der Waals surface area contributed by atoms with Gasteiger partial charge in [0.05, 0.1) is 5.56 Å². The van der Waals surface area contributed by atoms with E-state index in [9.17, 15) is 4.79 Å². The number of rotatable bonds is 7. The zero-order chi connectivity index (χ0) is 14.3. The van der Waals surface area contributed by atoms with Crippen LogP contribution in [0.1, 0.15) is 49.9 Å². The Bertz CT molecular complexity index is 424. The first kappa shape index (κ1) is 16.3. The zero-order valence-electron chi connectivity index (χ0n) is 11.4. The molecule has 19 heavy (non-hydrogen) atoms. The number of hydrogen-bond donors (Lipinski definition) is 1. The summed E-state index contributed by atoms with van der Waals surface area (Å²) < 4.78 is 0. The Balaban J connectivity index is 2.54. The van der Waals surface area contributed by atoms with Gasteiger partial charge in [0.15, 0.2) is 0 Å². The van der Waals surface area contributed by atoms with E-state index < -0.39 is 0 Å². The Morgan fingerprint density at radius 1 is 1.37 bits per heavy atom. The fraction of sp³-hybridized carbons (Fsp3) is 0.571. The monoisotopic (exact) mass is 302 g/mol. The highest BCUT2D eigenvalue weighted by molar-refractivity contribution is 6.34. The fourth-order valence-corrected chi connectivity index (χ4v) is 2.29. The number of carbonyl (C=O) groups excluding carboxylic acids is 1. The van der Waals surface area contributed by atoms with Crippen LogP contribution >= 0.6 is 23.2 Å². The molecule has 1 N–H and O–H groups in total. The molecule has 0 saturated carbocycles. The lowest BCUT2D eigenvalue weighted by Gasteiger charge is -2.15. The van der Waals surface area contributed by atoms with E-state index in [0.717, 1.165) is 12.8 Å². The van der Waals surface area contributed by atoms with Crippen LogP contribution in [0.3, 0.4) is 0 Å². The van der Waals surface area contributed by atoms with E-state index in [-0.39, 0.29) is 16.2 Å². The van der Waals surface area contributed by atoms with Crippen molar-refractivity contribution in [3.05, 3.63) is 28.0 Å². The van der Waals surface area contributed by atoms with Crippen LogP contribution in [0, 0.1) is 5.92 Å². The minimum Gasteiger partial charge on any atom is -0.352 e. The van der Waals surface area contributed by atoms with Gasteiger partial charge in [-0.05, 0) is 24.5 Å². The molecule has 0 aromatic carbocycles. The van der Waals surface area contributed by atoms with Crippen LogP contribution in [0.25, 0.3) is 0 Å². The third-order valence-electron chi connectivity index (χ3n) is 3.15. The summed E-state index contributed by atoms with van der Waals surface area (Å²) in [7, 11) is 0. The lowest BCUT2D eigenvalue weighted by Crippen LogP contribution is -2.29. The van der Waals surface area contributed by atoms with Crippen LogP contribution in [0.15, 0.2) is 12.1 Å². The van der Waals surface area contributed by atoms with Gasteiger partial charge in [0.1, 0.15) is 10.3 Å². The van der Waals surface area contributed by atoms with E-state index in [0.29, 0.717) is 18.0 Å². The second-order valence-electron chi connectivity index (χ2n) is 4.60. The summed E-state index contributed by atoms with van der Waals surface area (Å²) in [5.41, 5.74) is 0.372. The van der Waals surface area contributed by atoms with Crippen molar-refractivity contribution >= 4 is 29.1 Å². The molecule has 1 rings (SSSR count). The Morgan fingerprint density at radius 3 is 2.68 bits per heavy atom. The van der Waals surface area contributed by atoms with Gasteiger partial charge in [-0.1, -0.05) is 56.3 Å².